The van der Waals surface area contributed by atoms with Crippen LogP contribution in [0.25, 0.3) is 0 Å². The van der Waals surface area contributed by atoms with Crippen molar-refractivity contribution in [2.75, 3.05) is 0 Å². The van der Waals surface area contributed by atoms with Crippen molar-refractivity contribution in [1.82, 2.24) is 4.90 Å². The number of hydrogen-bond acceptors (Lipinski definition) is 5. The van der Waals surface area contributed by atoms with Crippen LogP contribution in [0.3, 0.4) is 0 Å². The molecule has 1 fully saturated rings. The van der Waals surface area contributed by atoms with E-state index in [1.165, 1.54) is 4.90 Å². The maximum Gasteiger partial charge on any atom is 0.417 e. The van der Waals surface area contributed by atoms with Crippen LogP contribution in [0.1, 0.15) is 42.5 Å². The van der Waals surface area contributed by atoms with Crippen LogP contribution in [0, 0.1) is 13.8 Å². The molecule has 0 bridgehead atoms. The van der Waals surface area contributed by atoms with Gasteiger partial charge in [0, 0.05) is 12.0 Å². The molecule has 0 unspecified atom stereocenters. The van der Waals surface area contributed by atoms with Crippen LogP contribution >= 0.6 is 0 Å². The maximum atomic E-state index is 13.3. The van der Waals surface area contributed by atoms with E-state index in [2.05, 4.69) is 11.2 Å². The first-order chi connectivity index (χ1) is 14.3. The van der Waals surface area contributed by atoms with Crippen molar-refractivity contribution in [2.24, 2.45) is 5.16 Å². The van der Waals surface area contributed by atoms with Crippen LogP contribution in [-0.4, -0.2) is 40.4 Å². The van der Waals surface area contributed by atoms with E-state index in [0.29, 0.717) is 12.8 Å². The number of cyclic esters (lactones) is 1. The van der Waals surface area contributed by atoms with Crippen molar-refractivity contribution in [2.45, 2.75) is 58.3 Å². The van der Waals surface area contributed by atoms with Gasteiger partial charge in [0.1, 0.15) is 5.60 Å². The third-order valence-electron chi connectivity index (χ3n) is 5.81. The zero-order valence-corrected chi connectivity index (χ0v) is 17.7. The SMILES string of the molecule is Cc1ccc(C2=NO[C@H](C(=O)N3C(=O)OC(C)(C)[C@@H]3Cc3ccccc3)C2)c(C)c1. The zero-order chi connectivity index (χ0) is 21.5. The molecule has 1 saturated heterocycles. The summed E-state index contributed by atoms with van der Waals surface area (Å²) in [6.45, 7) is 7.71. The van der Waals surface area contributed by atoms with Gasteiger partial charge in [-0.2, -0.15) is 0 Å². The Labute approximate surface area is 176 Å². The van der Waals surface area contributed by atoms with Crippen LogP contribution in [0.5, 0.6) is 0 Å². The van der Waals surface area contributed by atoms with E-state index < -0.39 is 29.7 Å². The van der Waals surface area contributed by atoms with E-state index in [0.717, 1.165) is 28.0 Å². The van der Waals surface area contributed by atoms with Gasteiger partial charge in [-0.3, -0.25) is 4.79 Å². The average molecular weight is 406 g/mol. The minimum atomic E-state index is -0.833. The predicted octanol–water partition coefficient (Wildman–Crippen LogP) is 4.17. The zero-order valence-electron chi connectivity index (χ0n) is 17.7. The number of imide groups is 1. The highest BCUT2D eigenvalue weighted by atomic mass is 16.6. The van der Waals surface area contributed by atoms with Gasteiger partial charge < -0.3 is 9.57 Å². The molecule has 0 radical (unpaired) electrons. The number of carbonyl (C=O) groups excluding carboxylic acids is 2. The van der Waals surface area contributed by atoms with Gasteiger partial charge in [0.2, 0.25) is 6.10 Å². The number of benzene rings is 2. The lowest BCUT2D eigenvalue weighted by molar-refractivity contribution is -0.140. The lowest BCUT2D eigenvalue weighted by Crippen LogP contribution is -2.49. The highest BCUT2D eigenvalue weighted by molar-refractivity contribution is 6.06. The molecule has 2 heterocycles. The van der Waals surface area contributed by atoms with Crippen LogP contribution in [0.2, 0.25) is 0 Å². The largest absolute Gasteiger partial charge is 0.441 e. The first-order valence-electron chi connectivity index (χ1n) is 10.2. The van der Waals surface area contributed by atoms with Gasteiger partial charge in [-0.25, -0.2) is 9.69 Å². The Morgan fingerprint density at radius 1 is 1.17 bits per heavy atom. The summed E-state index contributed by atoms with van der Waals surface area (Å²) in [5, 5.41) is 4.16. The monoisotopic (exact) mass is 406 g/mol. The summed E-state index contributed by atoms with van der Waals surface area (Å²) >= 11 is 0. The predicted molar refractivity (Wildman–Crippen MR) is 113 cm³/mol. The molecule has 6 heteroatoms. The van der Waals surface area contributed by atoms with Crippen molar-refractivity contribution < 1.29 is 19.2 Å². The molecule has 6 nitrogen and oxygen atoms in total. The standard InChI is InChI=1S/C24H26N2O4/c1-15-10-11-18(16(2)12-15)19-14-20(30-25-19)22(27)26-21(24(3,4)29-23(26)28)13-17-8-6-5-7-9-17/h5-12,20-21H,13-14H2,1-4H3/t20-,21-/m0/s1. The first-order valence-corrected chi connectivity index (χ1v) is 10.2. The van der Waals surface area contributed by atoms with E-state index in [9.17, 15) is 9.59 Å². The smallest absolute Gasteiger partial charge is 0.417 e. The molecule has 0 saturated carbocycles. The molecular weight excluding hydrogens is 380 g/mol. The fourth-order valence-corrected chi connectivity index (χ4v) is 4.16. The molecule has 2 aromatic carbocycles. The summed E-state index contributed by atoms with van der Waals surface area (Å²) in [5.41, 5.74) is 4.16. The Hall–Kier alpha value is -3.15. The fraction of sp³-hybridized carbons (Fsp3) is 0.375. The summed E-state index contributed by atoms with van der Waals surface area (Å²) in [5.74, 6) is -0.407. The molecular formula is C24H26N2O4. The molecule has 2 aromatic rings. The van der Waals surface area contributed by atoms with Gasteiger partial charge in [0.25, 0.3) is 5.91 Å². The first kappa shape index (κ1) is 20.1. The quantitative estimate of drug-likeness (QED) is 0.764. The average Bonchev–Trinajstić information content (AvgIpc) is 3.25. The van der Waals surface area contributed by atoms with Crippen molar-refractivity contribution >= 4 is 17.7 Å². The lowest BCUT2D eigenvalue weighted by Gasteiger charge is -2.28. The van der Waals surface area contributed by atoms with E-state index in [1.807, 2.05) is 70.2 Å². The van der Waals surface area contributed by atoms with Crippen molar-refractivity contribution in [1.29, 1.82) is 0 Å². The molecule has 0 aliphatic carbocycles. The number of nitrogens with zero attached hydrogens (tertiary/aromatic N) is 2. The number of amides is 2. The summed E-state index contributed by atoms with van der Waals surface area (Å²) in [6.07, 6.45) is -0.622. The van der Waals surface area contributed by atoms with Crippen molar-refractivity contribution in [3.05, 3.63) is 70.8 Å². The Kier molecular flexibility index (Phi) is 5.10. The van der Waals surface area contributed by atoms with Gasteiger partial charge >= 0.3 is 6.09 Å². The minimum Gasteiger partial charge on any atom is -0.441 e. The third kappa shape index (κ3) is 3.70. The second kappa shape index (κ2) is 7.59. The van der Waals surface area contributed by atoms with Crippen molar-refractivity contribution in [3.8, 4) is 0 Å². The summed E-state index contributed by atoms with van der Waals surface area (Å²) in [6, 6.07) is 15.4. The molecule has 0 N–H and O–H groups in total. The summed E-state index contributed by atoms with van der Waals surface area (Å²) in [4.78, 5) is 32.6. The number of carbonyl (C=O) groups is 2. The second-order valence-corrected chi connectivity index (χ2v) is 8.54. The molecule has 4 rings (SSSR count). The van der Waals surface area contributed by atoms with Crippen molar-refractivity contribution in [3.63, 3.8) is 0 Å². The van der Waals surface area contributed by atoms with Gasteiger partial charge in [-0.15, -0.1) is 0 Å². The van der Waals surface area contributed by atoms with Gasteiger partial charge in [0.05, 0.1) is 11.8 Å². The Morgan fingerprint density at radius 2 is 1.90 bits per heavy atom. The van der Waals surface area contributed by atoms with E-state index >= 15 is 0 Å². The number of aryl methyl sites for hydroxylation is 2. The molecule has 0 aromatic heterocycles. The second-order valence-electron chi connectivity index (χ2n) is 8.54. The highest BCUT2D eigenvalue weighted by Crippen LogP contribution is 2.34. The van der Waals surface area contributed by atoms with Crippen LogP contribution in [0.15, 0.2) is 53.7 Å². The number of oxime groups is 1. The highest BCUT2D eigenvalue weighted by Gasteiger charge is 2.52. The molecule has 2 atom stereocenters. The molecule has 156 valence electrons. The molecule has 2 aliphatic rings. The third-order valence-corrected chi connectivity index (χ3v) is 5.81. The lowest BCUT2D eigenvalue weighted by atomic mass is 9.91. The minimum absolute atomic E-state index is 0.324. The van der Waals surface area contributed by atoms with Gasteiger partial charge in [-0.1, -0.05) is 59.3 Å². The number of hydrogen-bond donors (Lipinski definition) is 0. The topological polar surface area (TPSA) is 68.2 Å². The van der Waals surface area contributed by atoms with Crippen LogP contribution in [-0.2, 0) is 20.8 Å². The van der Waals surface area contributed by atoms with Crippen LogP contribution < -0.4 is 0 Å². The van der Waals surface area contributed by atoms with E-state index in [4.69, 9.17) is 9.57 Å². The summed E-state index contributed by atoms with van der Waals surface area (Å²) in [7, 11) is 0. The number of rotatable bonds is 4. The number of ether oxygens (including phenoxy) is 1. The van der Waals surface area contributed by atoms with Gasteiger partial charge in [0.15, 0.2) is 0 Å². The maximum absolute atomic E-state index is 13.3. The molecule has 0 spiro atoms. The van der Waals surface area contributed by atoms with Gasteiger partial charge in [-0.05, 0) is 45.2 Å². The van der Waals surface area contributed by atoms with E-state index in [-0.39, 0.29) is 0 Å². The molecule has 2 aliphatic heterocycles. The Balaban J connectivity index is 1.53. The fourth-order valence-electron chi connectivity index (χ4n) is 4.16. The summed E-state index contributed by atoms with van der Waals surface area (Å²) < 4.78 is 5.54. The Morgan fingerprint density at radius 3 is 2.60 bits per heavy atom. The molecule has 30 heavy (non-hydrogen) atoms. The van der Waals surface area contributed by atoms with Crippen LogP contribution in [0.4, 0.5) is 4.79 Å². The Bertz CT molecular complexity index is 1010. The van der Waals surface area contributed by atoms with E-state index in [1.54, 1.807) is 0 Å². The normalized spacial score (nSPS) is 22.5. The molecule has 2 amide bonds.